The molecule has 0 radical (unpaired) electrons. The van der Waals surface area contributed by atoms with E-state index in [1.807, 2.05) is 13.0 Å². The normalized spacial score (nSPS) is 9.95. The summed E-state index contributed by atoms with van der Waals surface area (Å²) >= 11 is 0. The van der Waals surface area contributed by atoms with E-state index in [-0.39, 0.29) is 11.3 Å². The monoisotopic (exact) mass is 286 g/mol. The second-order valence-electron chi connectivity index (χ2n) is 4.40. The first kappa shape index (κ1) is 14.7. The summed E-state index contributed by atoms with van der Waals surface area (Å²) in [6.45, 7) is 2.66. The van der Waals surface area contributed by atoms with Crippen LogP contribution in [0, 0.1) is 17.1 Å². The molecular formula is C16H15FN2O2. The Balaban J connectivity index is 2.10. The van der Waals surface area contributed by atoms with Gasteiger partial charge in [-0.15, -0.1) is 0 Å². The van der Waals surface area contributed by atoms with E-state index >= 15 is 0 Å². The standard InChI is InChI=1S/C16H15FN2O2/c1-2-21-16-8-12(4-6-15(16)20)10-19-14-5-3-11(9-18)7-13(14)17/h3-8,19-20H,2,10H2,1H3. The van der Waals surface area contributed by atoms with Crippen LogP contribution in [-0.4, -0.2) is 11.7 Å². The third-order valence-corrected chi connectivity index (χ3v) is 2.91. The molecule has 2 aromatic carbocycles. The number of anilines is 1. The fraction of sp³-hybridized carbons (Fsp3) is 0.188. The maximum Gasteiger partial charge on any atom is 0.161 e. The van der Waals surface area contributed by atoms with Crippen LogP contribution in [0.1, 0.15) is 18.1 Å². The number of nitriles is 1. The van der Waals surface area contributed by atoms with Crippen molar-refractivity contribution in [2.45, 2.75) is 13.5 Å². The van der Waals surface area contributed by atoms with Crippen LogP contribution in [0.5, 0.6) is 11.5 Å². The molecule has 0 saturated carbocycles. The topological polar surface area (TPSA) is 65.3 Å². The molecule has 0 aliphatic rings. The van der Waals surface area contributed by atoms with E-state index in [1.165, 1.54) is 18.2 Å². The van der Waals surface area contributed by atoms with Crippen molar-refractivity contribution in [2.24, 2.45) is 0 Å². The molecule has 21 heavy (non-hydrogen) atoms. The summed E-state index contributed by atoms with van der Waals surface area (Å²) < 4.78 is 19.0. The maximum atomic E-state index is 13.7. The number of phenols is 1. The summed E-state index contributed by atoms with van der Waals surface area (Å²) in [5.41, 5.74) is 1.45. The molecule has 4 nitrogen and oxygen atoms in total. The molecule has 0 spiro atoms. The minimum atomic E-state index is -0.474. The lowest BCUT2D eigenvalue weighted by Crippen LogP contribution is -2.02. The fourth-order valence-corrected chi connectivity index (χ4v) is 1.86. The van der Waals surface area contributed by atoms with Gasteiger partial charge >= 0.3 is 0 Å². The predicted octanol–water partition coefficient (Wildman–Crippen LogP) is 3.41. The second-order valence-corrected chi connectivity index (χ2v) is 4.40. The highest BCUT2D eigenvalue weighted by molar-refractivity contribution is 5.50. The maximum absolute atomic E-state index is 13.7. The van der Waals surface area contributed by atoms with Crippen LogP contribution >= 0.6 is 0 Å². The molecule has 0 saturated heterocycles. The molecule has 0 bridgehead atoms. The van der Waals surface area contributed by atoms with Crippen molar-refractivity contribution in [3.8, 4) is 17.6 Å². The van der Waals surface area contributed by atoms with Crippen molar-refractivity contribution in [1.82, 2.24) is 0 Å². The Morgan fingerprint density at radius 3 is 2.76 bits per heavy atom. The smallest absolute Gasteiger partial charge is 0.161 e. The first-order chi connectivity index (χ1) is 10.1. The number of halogens is 1. The zero-order valence-corrected chi connectivity index (χ0v) is 11.6. The second kappa shape index (κ2) is 6.62. The summed E-state index contributed by atoms with van der Waals surface area (Å²) in [4.78, 5) is 0. The van der Waals surface area contributed by atoms with Crippen molar-refractivity contribution in [3.05, 3.63) is 53.3 Å². The SMILES string of the molecule is CCOc1cc(CNc2ccc(C#N)cc2F)ccc1O. The predicted molar refractivity (Wildman–Crippen MR) is 77.7 cm³/mol. The fourth-order valence-electron chi connectivity index (χ4n) is 1.86. The lowest BCUT2D eigenvalue weighted by Gasteiger charge is -2.10. The van der Waals surface area contributed by atoms with Gasteiger partial charge in [0.1, 0.15) is 5.82 Å². The largest absolute Gasteiger partial charge is 0.504 e. The third kappa shape index (κ3) is 3.63. The van der Waals surface area contributed by atoms with Crippen LogP contribution < -0.4 is 10.1 Å². The van der Waals surface area contributed by atoms with E-state index in [0.717, 1.165) is 5.56 Å². The molecule has 2 N–H and O–H groups in total. The molecule has 108 valence electrons. The van der Waals surface area contributed by atoms with Crippen LogP contribution in [0.3, 0.4) is 0 Å². The average molecular weight is 286 g/mol. The van der Waals surface area contributed by atoms with Gasteiger partial charge in [-0.2, -0.15) is 5.26 Å². The third-order valence-electron chi connectivity index (χ3n) is 2.91. The van der Waals surface area contributed by atoms with Gasteiger partial charge in [0.25, 0.3) is 0 Å². The Morgan fingerprint density at radius 1 is 1.29 bits per heavy atom. The minimum absolute atomic E-state index is 0.0742. The van der Waals surface area contributed by atoms with Crippen molar-refractivity contribution in [3.63, 3.8) is 0 Å². The zero-order valence-electron chi connectivity index (χ0n) is 11.6. The van der Waals surface area contributed by atoms with Crippen LogP contribution in [-0.2, 0) is 6.54 Å². The quantitative estimate of drug-likeness (QED) is 0.884. The highest BCUT2D eigenvalue weighted by atomic mass is 19.1. The molecule has 2 aromatic rings. The summed E-state index contributed by atoms with van der Waals surface area (Å²) in [6, 6.07) is 11.1. The molecule has 0 aliphatic carbocycles. The Bertz CT molecular complexity index is 680. The van der Waals surface area contributed by atoms with Crippen molar-refractivity contribution in [2.75, 3.05) is 11.9 Å². The minimum Gasteiger partial charge on any atom is -0.504 e. The lowest BCUT2D eigenvalue weighted by molar-refractivity contribution is 0.318. The van der Waals surface area contributed by atoms with Gasteiger partial charge in [-0.05, 0) is 42.8 Å². The van der Waals surface area contributed by atoms with Gasteiger partial charge in [0.15, 0.2) is 11.5 Å². The highest BCUT2D eigenvalue weighted by Gasteiger charge is 2.06. The van der Waals surface area contributed by atoms with Gasteiger partial charge in [-0.3, -0.25) is 0 Å². The van der Waals surface area contributed by atoms with Gasteiger partial charge in [0.2, 0.25) is 0 Å². The molecule has 0 unspecified atom stereocenters. The zero-order chi connectivity index (χ0) is 15.2. The average Bonchev–Trinajstić information content (AvgIpc) is 2.49. The summed E-state index contributed by atoms with van der Waals surface area (Å²) in [6.07, 6.45) is 0. The first-order valence-electron chi connectivity index (χ1n) is 6.52. The molecule has 0 amide bonds. The van der Waals surface area contributed by atoms with E-state index in [2.05, 4.69) is 5.32 Å². The lowest BCUT2D eigenvalue weighted by atomic mass is 10.1. The van der Waals surface area contributed by atoms with Gasteiger partial charge in [-0.25, -0.2) is 4.39 Å². The molecule has 0 atom stereocenters. The number of nitrogens with zero attached hydrogens (tertiary/aromatic N) is 1. The summed E-state index contributed by atoms with van der Waals surface area (Å²) in [5.74, 6) is 0.000106. The van der Waals surface area contributed by atoms with Crippen LogP contribution in [0.15, 0.2) is 36.4 Å². The number of hydrogen-bond donors (Lipinski definition) is 2. The summed E-state index contributed by atoms with van der Waals surface area (Å²) in [5, 5.41) is 21.3. The number of rotatable bonds is 5. The molecule has 5 heteroatoms. The first-order valence-corrected chi connectivity index (χ1v) is 6.52. The van der Waals surface area contributed by atoms with Crippen molar-refractivity contribution in [1.29, 1.82) is 5.26 Å². The highest BCUT2D eigenvalue weighted by Crippen LogP contribution is 2.27. The Kier molecular flexibility index (Phi) is 4.62. The van der Waals surface area contributed by atoms with Crippen LogP contribution in [0.2, 0.25) is 0 Å². The van der Waals surface area contributed by atoms with Gasteiger partial charge in [0.05, 0.1) is 23.9 Å². The molecular weight excluding hydrogens is 271 g/mol. The Morgan fingerprint density at radius 2 is 2.10 bits per heavy atom. The number of nitrogens with one attached hydrogen (secondary N) is 1. The number of hydrogen-bond acceptors (Lipinski definition) is 4. The number of benzene rings is 2. The number of phenolic OH excluding ortho intramolecular Hbond substituents is 1. The molecule has 0 fully saturated rings. The summed E-state index contributed by atoms with van der Waals surface area (Å²) in [7, 11) is 0. The number of aromatic hydroxyl groups is 1. The van der Waals surface area contributed by atoms with Gasteiger partial charge < -0.3 is 15.2 Å². The van der Waals surface area contributed by atoms with E-state index in [0.29, 0.717) is 24.6 Å². The molecule has 2 rings (SSSR count). The number of ether oxygens (including phenoxy) is 1. The van der Waals surface area contributed by atoms with E-state index < -0.39 is 5.82 Å². The van der Waals surface area contributed by atoms with Crippen molar-refractivity contribution < 1.29 is 14.2 Å². The van der Waals surface area contributed by atoms with E-state index in [1.54, 1.807) is 18.2 Å². The van der Waals surface area contributed by atoms with Crippen molar-refractivity contribution >= 4 is 5.69 Å². The van der Waals surface area contributed by atoms with Gasteiger partial charge in [0, 0.05) is 6.54 Å². The van der Waals surface area contributed by atoms with Crippen LogP contribution in [0.25, 0.3) is 0 Å². The molecule has 0 aliphatic heterocycles. The van der Waals surface area contributed by atoms with E-state index in [4.69, 9.17) is 10.00 Å². The Labute approximate surface area is 122 Å². The van der Waals surface area contributed by atoms with E-state index in [9.17, 15) is 9.50 Å². The molecule has 0 aromatic heterocycles. The van der Waals surface area contributed by atoms with Gasteiger partial charge in [-0.1, -0.05) is 6.07 Å². The van der Waals surface area contributed by atoms with Crippen LogP contribution in [0.4, 0.5) is 10.1 Å². The molecule has 0 heterocycles. The Hall–Kier alpha value is -2.74.